The Morgan fingerprint density at radius 2 is 1.68 bits per heavy atom. The summed E-state index contributed by atoms with van der Waals surface area (Å²) < 4.78 is 11.5. The first-order chi connectivity index (χ1) is 17.9. The molecular weight excluding hydrogens is 534 g/mol. The van der Waals surface area contributed by atoms with Crippen molar-refractivity contribution in [3.8, 4) is 0 Å². The molecule has 1 saturated carbocycles. The number of nitrogen functional groups attached to an aromatic ring is 1. The number of hydrogen-bond acceptors (Lipinski definition) is 7. The third-order valence-electron chi connectivity index (χ3n) is 6.92. The lowest BCUT2D eigenvalue weighted by atomic mass is 9.93. The van der Waals surface area contributed by atoms with E-state index in [0.717, 1.165) is 17.7 Å². The molecule has 0 aliphatic heterocycles. The molecule has 3 rings (SSSR count). The van der Waals surface area contributed by atoms with Gasteiger partial charge in [-0.2, -0.15) is 0 Å². The van der Waals surface area contributed by atoms with Crippen LogP contribution in [0.2, 0.25) is 0 Å². The monoisotopic (exact) mass is 573 g/mol. The van der Waals surface area contributed by atoms with Crippen molar-refractivity contribution < 1.29 is 19.1 Å². The minimum atomic E-state index is -0.373. The van der Waals surface area contributed by atoms with Gasteiger partial charge in [0.25, 0.3) is 0 Å². The quantitative estimate of drug-likeness (QED) is 0.253. The molecule has 2 aromatic carbocycles. The van der Waals surface area contributed by atoms with Gasteiger partial charge < -0.3 is 15.2 Å². The van der Waals surface area contributed by atoms with E-state index in [1.165, 1.54) is 39.0 Å². The standard InChI is InChI=1S/C29H40BrN3O4/c1-3-33(26-12-8-5-9-13-26)21-25-18-24(19-27(30)28(25)31)29(35)37-17-15-32(14-16-36-22(2)34)20-23-10-6-4-7-11-23/h4,6-7,10-11,18-19,26H,3,5,8-9,12-17,20-21,31H2,1-2H3. The summed E-state index contributed by atoms with van der Waals surface area (Å²) in [5.41, 5.74) is 9.65. The molecular formula is C29H40BrN3O4. The van der Waals surface area contributed by atoms with Crippen LogP contribution < -0.4 is 5.73 Å². The molecule has 2 aromatic rings. The summed E-state index contributed by atoms with van der Waals surface area (Å²) >= 11 is 3.54. The van der Waals surface area contributed by atoms with Crippen molar-refractivity contribution in [3.05, 3.63) is 63.6 Å². The molecule has 8 heteroatoms. The predicted octanol–water partition coefficient (Wildman–Crippen LogP) is 5.41. The number of carbonyl (C=O) groups is 2. The predicted molar refractivity (Wildman–Crippen MR) is 150 cm³/mol. The number of carbonyl (C=O) groups excluding carboxylic acids is 2. The minimum absolute atomic E-state index is 0.228. The van der Waals surface area contributed by atoms with Crippen LogP contribution in [-0.4, -0.2) is 60.6 Å². The summed E-state index contributed by atoms with van der Waals surface area (Å²) in [7, 11) is 0. The topological polar surface area (TPSA) is 85.1 Å². The molecule has 37 heavy (non-hydrogen) atoms. The molecule has 1 aliphatic carbocycles. The second kappa shape index (κ2) is 15.1. The van der Waals surface area contributed by atoms with E-state index >= 15 is 0 Å². The van der Waals surface area contributed by atoms with Gasteiger partial charge in [0.2, 0.25) is 0 Å². The fourth-order valence-electron chi connectivity index (χ4n) is 4.87. The van der Waals surface area contributed by atoms with Crippen molar-refractivity contribution in [2.75, 3.05) is 38.6 Å². The van der Waals surface area contributed by atoms with Crippen molar-refractivity contribution in [2.45, 2.75) is 65.1 Å². The molecule has 0 unspecified atom stereocenters. The highest BCUT2D eigenvalue weighted by molar-refractivity contribution is 9.10. The lowest BCUT2D eigenvalue weighted by molar-refractivity contribution is -0.141. The molecule has 202 valence electrons. The number of halogens is 1. The van der Waals surface area contributed by atoms with E-state index in [1.54, 1.807) is 6.07 Å². The molecule has 0 spiro atoms. The molecule has 1 aliphatic rings. The van der Waals surface area contributed by atoms with Crippen LogP contribution in [0.25, 0.3) is 0 Å². The molecule has 1 fully saturated rings. The third-order valence-corrected chi connectivity index (χ3v) is 7.58. The van der Waals surface area contributed by atoms with E-state index < -0.39 is 0 Å². The van der Waals surface area contributed by atoms with Crippen molar-refractivity contribution in [3.63, 3.8) is 0 Å². The van der Waals surface area contributed by atoms with Crippen LogP contribution in [0.1, 0.15) is 67.4 Å². The van der Waals surface area contributed by atoms with Crippen molar-refractivity contribution in [1.29, 1.82) is 0 Å². The number of nitrogens with two attached hydrogens (primary N) is 1. The minimum Gasteiger partial charge on any atom is -0.465 e. The lowest BCUT2D eigenvalue weighted by Crippen LogP contribution is -2.36. The Labute approximate surface area is 229 Å². The molecule has 0 atom stereocenters. The highest BCUT2D eigenvalue weighted by atomic mass is 79.9. The molecule has 0 bridgehead atoms. The average molecular weight is 575 g/mol. The number of esters is 2. The van der Waals surface area contributed by atoms with E-state index in [0.29, 0.717) is 54.6 Å². The van der Waals surface area contributed by atoms with Gasteiger partial charge in [0.1, 0.15) is 13.2 Å². The molecule has 7 nitrogen and oxygen atoms in total. The maximum absolute atomic E-state index is 13.0. The zero-order chi connectivity index (χ0) is 26.6. The first-order valence-corrected chi connectivity index (χ1v) is 14.0. The van der Waals surface area contributed by atoms with Gasteiger partial charge in [-0.25, -0.2) is 4.79 Å². The van der Waals surface area contributed by atoms with E-state index in [1.807, 2.05) is 36.4 Å². The molecule has 0 heterocycles. The molecule has 2 N–H and O–H groups in total. The van der Waals surface area contributed by atoms with E-state index in [4.69, 9.17) is 15.2 Å². The van der Waals surface area contributed by atoms with E-state index in [2.05, 4.69) is 32.7 Å². The van der Waals surface area contributed by atoms with Crippen molar-refractivity contribution in [2.24, 2.45) is 0 Å². The largest absolute Gasteiger partial charge is 0.465 e. The van der Waals surface area contributed by atoms with Crippen LogP contribution in [0.4, 0.5) is 5.69 Å². The summed E-state index contributed by atoms with van der Waals surface area (Å²) in [6.45, 7) is 7.51. The number of hydrogen-bond donors (Lipinski definition) is 1. The fourth-order valence-corrected chi connectivity index (χ4v) is 5.37. The molecule has 0 saturated heterocycles. The van der Waals surface area contributed by atoms with Gasteiger partial charge in [-0.1, -0.05) is 56.5 Å². The molecule has 0 radical (unpaired) electrons. The maximum atomic E-state index is 13.0. The highest BCUT2D eigenvalue weighted by Gasteiger charge is 2.22. The van der Waals surface area contributed by atoms with Crippen LogP contribution in [0.5, 0.6) is 0 Å². The normalized spacial score (nSPS) is 14.2. The van der Waals surface area contributed by atoms with Crippen molar-refractivity contribution in [1.82, 2.24) is 9.80 Å². The summed E-state index contributed by atoms with van der Waals surface area (Å²) in [6.07, 6.45) is 6.29. The number of benzene rings is 2. The Morgan fingerprint density at radius 3 is 2.32 bits per heavy atom. The molecule has 0 amide bonds. The van der Waals surface area contributed by atoms with Crippen LogP contribution in [0.3, 0.4) is 0 Å². The average Bonchev–Trinajstić information content (AvgIpc) is 2.90. The number of rotatable bonds is 13. The van der Waals surface area contributed by atoms with Crippen molar-refractivity contribution >= 4 is 33.6 Å². The Kier molecular flexibility index (Phi) is 11.9. The second-order valence-electron chi connectivity index (χ2n) is 9.62. The number of nitrogens with zero attached hydrogens (tertiary/aromatic N) is 2. The zero-order valence-corrected chi connectivity index (χ0v) is 23.7. The second-order valence-corrected chi connectivity index (χ2v) is 10.5. The Bertz CT molecular complexity index is 1010. The number of anilines is 1. The van der Waals surface area contributed by atoms with Gasteiger partial charge in [0.15, 0.2) is 0 Å². The van der Waals surface area contributed by atoms with Crippen LogP contribution in [0.15, 0.2) is 46.9 Å². The Hall–Kier alpha value is -2.42. The van der Waals surface area contributed by atoms with Gasteiger partial charge in [-0.05, 0) is 58.6 Å². The summed E-state index contributed by atoms with van der Waals surface area (Å²) in [5, 5.41) is 0. The van der Waals surface area contributed by atoms with Gasteiger partial charge in [-0.3, -0.25) is 14.6 Å². The van der Waals surface area contributed by atoms with Gasteiger partial charge in [0.05, 0.1) is 11.3 Å². The van der Waals surface area contributed by atoms with Gasteiger partial charge in [-0.15, -0.1) is 0 Å². The Morgan fingerprint density at radius 1 is 1.00 bits per heavy atom. The first kappa shape index (κ1) is 29.1. The Balaban J connectivity index is 1.61. The molecule has 0 aromatic heterocycles. The van der Waals surface area contributed by atoms with Gasteiger partial charge in [0, 0.05) is 43.6 Å². The van der Waals surface area contributed by atoms with E-state index in [-0.39, 0.29) is 18.5 Å². The third kappa shape index (κ3) is 9.43. The SMILES string of the molecule is CCN(Cc1cc(C(=O)OCCN(CCOC(C)=O)Cc2ccccc2)cc(Br)c1N)C1CCCCC1. The fraction of sp³-hybridized carbons (Fsp3) is 0.517. The van der Waals surface area contributed by atoms with Crippen LogP contribution >= 0.6 is 15.9 Å². The summed E-state index contributed by atoms with van der Waals surface area (Å²) in [4.78, 5) is 28.7. The van der Waals surface area contributed by atoms with Gasteiger partial charge >= 0.3 is 11.9 Å². The smallest absolute Gasteiger partial charge is 0.338 e. The first-order valence-electron chi connectivity index (χ1n) is 13.3. The van der Waals surface area contributed by atoms with Crippen LogP contribution in [-0.2, 0) is 27.4 Å². The zero-order valence-electron chi connectivity index (χ0n) is 22.1. The highest BCUT2D eigenvalue weighted by Crippen LogP contribution is 2.30. The summed E-state index contributed by atoms with van der Waals surface area (Å²) in [6, 6.07) is 14.2. The van der Waals surface area contributed by atoms with Crippen LogP contribution in [0, 0.1) is 0 Å². The lowest BCUT2D eigenvalue weighted by Gasteiger charge is -2.34. The number of ether oxygens (including phenoxy) is 2. The summed E-state index contributed by atoms with van der Waals surface area (Å²) in [5.74, 6) is -0.678. The van der Waals surface area contributed by atoms with E-state index in [9.17, 15) is 9.59 Å². The maximum Gasteiger partial charge on any atom is 0.338 e.